The third kappa shape index (κ3) is 3.52. The van der Waals surface area contributed by atoms with Crippen LogP contribution in [0, 0.1) is 0 Å². The number of pyridine rings is 1. The largest absolute Gasteiger partial charge is 0.494 e. The Kier molecular flexibility index (Phi) is 5.17. The summed E-state index contributed by atoms with van der Waals surface area (Å²) < 4.78 is 7.13. The second-order valence-corrected chi connectivity index (χ2v) is 4.85. The molecule has 21 heavy (non-hydrogen) atoms. The molecule has 0 bridgehead atoms. The SMILES string of the molecule is CCNCc1ccc(-c2ccc(OCC)cc2)n(C)c1=O. The van der Waals surface area contributed by atoms with Gasteiger partial charge >= 0.3 is 0 Å². The van der Waals surface area contributed by atoms with Crippen LogP contribution in [0.15, 0.2) is 41.2 Å². The predicted octanol–water partition coefficient (Wildman–Crippen LogP) is 2.56. The average Bonchev–Trinajstić information content (AvgIpc) is 2.50. The lowest BCUT2D eigenvalue weighted by atomic mass is 10.1. The molecule has 1 aromatic carbocycles. The van der Waals surface area contributed by atoms with Crippen molar-refractivity contribution in [1.29, 1.82) is 0 Å². The highest BCUT2D eigenvalue weighted by Gasteiger charge is 2.07. The molecule has 4 nitrogen and oxygen atoms in total. The van der Waals surface area contributed by atoms with Gasteiger partial charge in [-0.3, -0.25) is 4.79 Å². The number of aromatic nitrogens is 1. The molecule has 2 rings (SSSR count). The Balaban J connectivity index is 2.32. The monoisotopic (exact) mass is 286 g/mol. The first-order valence-electron chi connectivity index (χ1n) is 7.30. The standard InChI is InChI=1S/C17H22N2O2/c1-4-18-12-14-8-11-16(19(3)17(14)20)13-6-9-15(10-7-13)21-5-2/h6-11,18H,4-5,12H2,1-3H3. The van der Waals surface area contributed by atoms with Crippen molar-refractivity contribution >= 4 is 0 Å². The van der Waals surface area contributed by atoms with Gasteiger partial charge in [0.05, 0.1) is 12.3 Å². The van der Waals surface area contributed by atoms with Crippen LogP contribution in [0.3, 0.4) is 0 Å². The van der Waals surface area contributed by atoms with Gasteiger partial charge in [0.15, 0.2) is 0 Å². The maximum atomic E-state index is 12.3. The highest BCUT2D eigenvalue weighted by molar-refractivity contribution is 5.60. The fraction of sp³-hybridized carbons (Fsp3) is 0.353. The van der Waals surface area contributed by atoms with E-state index in [1.54, 1.807) is 4.57 Å². The smallest absolute Gasteiger partial charge is 0.255 e. The van der Waals surface area contributed by atoms with E-state index in [1.807, 2.05) is 57.3 Å². The highest BCUT2D eigenvalue weighted by atomic mass is 16.5. The van der Waals surface area contributed by atoms with E-state index in [9.17, 15) is 4.79 Å². The summed E-state index contributed by atoms with van der Waals surface area (Å²) >= 11 is 0. The van der Waals surface area contributed by atoms with E-state index in [4.69, 9.17) is 4.74 Å². The predicted molar refractivity (Wildman–Crippen MR) is 85.7 cm³/mol. The molecule has 1 N–H and O–H groups in total. The zero-order chi connectivity index (χ0) is 15.2. The van der Waals surface area contributed by atoms with Crippen LogP contribution in [0.1, 0.15) is 19.4 Å². The van der Waals surface area contributed by atoms with E-state index in [-0.39, 0.29) is 5.56 Å². The second-order valence-electron chi connectivity index (χ2n) is 4.85. The molecular weight excluding hydrogens is 264 g/mol. The first-order valence-corrected chi connectivity index (χ1v) is 7.30. The van der Waals surface area contributed by atoms with Crippen LogP contribution in [-0.4, -0.2) is 17.7 Å². The number of ether oxygens (including phenoxy) is 1. The van der Waals surface area contributed by atoms with Crippen molar-refractivity contribution in [3.8, 4) is 17.0 Å². The maximum Gasteiger partial charge on any atom is 0.255 e. The molecule has 0 radical (unpaired) electrons. The molecule has 0 fully saturated rings. The van der Waals surface area contributed by atoms with Gasteiger partial charge < -0.3 is 14.6 Å². The van der Waals surface area contributed by atoms with Crippen molar-refractivity contribution < 1.29 is 4.74 Å². The average molecular weight is 286 g/mol. The van der Waals surface area contributed by atoms with Crippen molar-refractivity contribution in [2.45, 2.75) is 20.4 Å². The summed E-state index contributed by atoms with van der Waals surface area (Å²) in [4.78, 5) is 12.3. The lowest BCUT2D eigenvalue weighted by molar-refractivity contribution is 0.340. The molecule has 0 aliphatic heterocycles. The molecule has 1 heterocycles. The van der Waals surface area contributed by atoms with E-state index in [2.05, 4.69) is 5.32 Å². The van der Waals surface area contributed by atoms with Crippen LogP contribution in [0.2, 0.25) is 0 Å². The quantitative estimate of drug-likeness (QED) is 0.887. The van der Waals surface area contributed by atoms with Crippen LogP contribution in [-0.2, 0) is 13.6 Å². The summed E-state index contributed by atoms with van der Waals surface area (Å²) in [5.41, 5.74) is 2.74. The molecular formula is C17H22N2O2. The molecule has 0 saturated carbocycles. The summed E-state index contributed by atoms with van der Waals surface area (Å²) in [6.45, 7) is 6.09. The van der Waals surface area contributed by atoms with E-state index < -0.39 is 0 Å². The van der Waals surface area contributed by atoms with E-state index in [1.165, 1.54) is 0 Å². The van der Waals surface area contributed by atoms with E-state index in [0.717, 1.165) is 29.1 Å². The minimum atomic E-state index is 0.0438. The summed E-state index contributed by atoms with van der Waals surface area (Å²) in [5.74, 6) is 0.843. The first kappa shape index (κ1) is 15.3. The van der Waals surface area contributed by atoms with Gasteiger partial charge in [-0.15, -0.1) is 0 Å². The fourth-order valence-electron chi connectivity index (χ4n) is 2.26. The molecule has 2 aromatic rings. The van der Waals surface area contributed by atoms with Gasteiger partial charge in [-0.1, -0.05) is 13.0 Å². The van der Waals surface area contributed by atoms with Crippen molar-refractivity contribution in [2.75, 3.05) is 13.2 Å². The van der Waals surface area contributed by atoms with Crippen LogP contribution >= 0.6 is 0 Å². The second kappa shape index (κ2) is 7.09. The molecule has 4 heteroatoms. The Morgan fingerprint density at radius 3 is 2.43 bits per heavy atom. The Morgan fingerprint density at radius 2 is 1.81 bits per heavy atom. The van der Waals surface area contributed by atoms with Gasteiger partial charge in [-0.2, -0.15) is 0 Å². The third-order valence-corrected chi connectivity index (χ3v) is 3.41. The Morgan fingerprint density at radius 1 is 1.10 bits per heavy atom. The van der Waals surface area contributed by atoms with Crippen LogP contribution < -0.4 is 15.6 Å². The maximum absolute atomic E-state index is 12.3. The molecule has 112 valence electrons. The molecule has 0 aliphatic rings. The highest BCUT2D eigenvalue weighted by Crippen LogP contribution is 2.21. The van der Waals surface area contributed by atoms with Gasteiger partial charge in [0, 0.05) is 19.2 Å². The van der Waals surface area contributed by atoms with Crippen LogP contribution in [0.25, 0.3) is 11.3 Å². The summed E-state index contributed by atoms with van der Waals surface area (Å²) in [7, 11) is 1.81. The number of nitrogens with zero attached hydrogens (tertiary/aromatic N) is 1. The molecule has 0 saturated heterocycles. The topological polar surface area (TPSA) is 43.3 Å². The number of benzene rings is 1. The number of rotatable bonds is 6. The first-order chi connectivity index (χ1) is 10.2. The molecule has 0 aliphatic carbocycles. The van der Waals surface area contributed by atoms with Crippen molar-refractivity contribution in [2.24, 2.45) is 7.05 Å². The van der Waals surface area contributed by atoms with Gasteiger partial charge in [0.25, 0.3) is 5.56 Å². The molecule has 0 spiro atoms. The number of hydrogen-bond donors (Lipinski definition) is 1. The van der Waals surface area contributed by atoms with Gasteiger partial charge in [-0.25, -0.2) is 0 Å². The van der Waals surface area contributed by atoms with Gasteiger partial charge in [-0.05, 0) is 49.4 Å². The zero-order valence-electron chi connectivity index (χ0n) is 12.8. The summed E-state index contributed by atoms with van der Waals surface area (Å²) in [5, 5.41) is 3.18. The summed E-state index contributed by atoms with van der Waals surface area (Å²) in [6, 6.07) is 11.7. The molecule has 0 amide bonds. The fourth-order valence-corrected chi connectivity index (χ4v) is 2.26. The van der Waals surface area contributed by atoms with Gasteiger partial charge in [0.2, 0.25) is 0 Å². The zero-order valence-corrected chi connectivity index (χ0v) is 12.8. The van der Waals surface area contributed by atoms with Crippen LogP contribution in [0.4, 0.5) is 0 Å². The Hall–Kier alpha value is -2.07. The summed E-state index contributed by atoms with van der Waals surface area (Å²) in [6.07, 6.45) is 0. The van der Waals surface area contributed by atoms with Crippen molar-refractivity contribution in [1.82, 2.24) is 9.88 Å². The Bertz CT molecular complexity index is 645. The van der Waals surface area contributed by atoms with E-state index in [0.29, 0.717) is 13.2 Å². The third-order valence-electron chi connectivity index (χ3n) is 3.41. The molecule has 1 aromatic heterocycles. The van der Waals surface area contributed by atoms with Crippen LogP contribution in [0.5, 0.6) is 5.75 Å². The molecule has 0 atom stereocenters. The lowest BCUT2D eigenvalue weighted by Gasteiger charge is -2.11. The normalized spacial score (nSPS) is 10.6. The lowest BCUT2D eigenvalue weighted by Crippen LogP contribution is -2.26. The number of nitrogens with one attached hydrogen (secondary N) is 1. The minimum Gasteiger partial charge on any atom is -0.494 e. The van der Waals surface area contributed by atoms with Crippen molar-refractivity contribution in [3.63, 3.8) is 0 Å². The van der Waals surface area contributed by atoms with E-state index >= 15 is 0 Å². The minimum absolute atomic E-state index is 0.0438. The van der Waals surface area contributed by atoms with Gasteiger partial charge in [0.1, 0.15) is 5.75 Å². The van der Waals surface area contributed by atoms with Crippen molar-refractivity contribution in [3.05, 3.63) is 52.3 Å². The molecule has 0 unspecified atom stereocenters. The number of hydrogen-bond acceptors (Lipinski definition) is 3. The Labute approximate surface area is 125 Å².